The minimum Gasteiger partial charge on any atom is -0.402 e. The number of thiophene rings is 1. The number of nitrogens with two attached hydrogens (primary N) is 1. The summed E-state index contributed by atoms with van der Waals surface area (Å²) in [5.74, 6) is 0. The predicted molar refractivity (Wildman–Crippen MR) is 152 cm³/mol. The molecule has 0 saturated heterocycles. The first-order chi connectivity index (χ1) is 17.3. The van der Waals surface area contributed by atoms with Gasteiger partial charge in [-0.2, -0.15) is 0 Å². The average molecular weight is 503 g/mol. The largest absolute Gasteiger partial charge is 0.402 e. The van der Waals surface area contributed by atoms with Crippen molar-refractivity contribution in [1.29, 1.82) is 0 Å². The number of benzene rings is 1. The molecule has 2 heterocycles. The maximum Gasteiger partial charge on any atom is 0.249 e. The van der Waals surface area contributed by atoms with Crippen molar-refractivity contribution < 1.29 is 4.79 Å². The van der Waals surface area contributed by atoms with Crippen LogP contribution in [0.5, 0.6) is 0 Å². The Morgan fingerprint density at radius 1 is 1.17 bits per heavy atom. The SMILES string of the molecule is C=C/C=C\C=C(/C)N.CN(C)c1cc(=O)c1=O.O=Cc1sccc1NCc1ccnc2ccccc12. The van der Waals surface area contributed by atoms with Gasteiger partial charge in [-0.15, -0.1) is 11.3 Å². The van der Waals surface area contributed by atoms with Gasteiger partial charge in [-0.25, -0.2) is 0 Å². The highest BCUT2D eigenvalue weighted by atomic mass is 32.1. The number of hydrogen-bond donors (Lipinski definition) is 2. The monoisotopic (exact) mass is 502 g/mol. The number of allylic oxidation sites excluding steroid dienone is 5. The molecule has 36 heavy (non-hydrogen) atoms. The number of nitrogens with one attached hydrogen (secondary N) is 1. The van der Waals surface area contributed by atoms with Crippen LogP contribution in [0.2, 0.25) is 0 Å². The first-order valence-corrected chi connectivity index (χ1v) is 11.9. The molecule has 0 aliphatic rings. The van der Waals surface area contributed by atoms with E-state index in [1.807, 2.05) is 67.1 Å². The maximum absolute atomic E-state index is 10.9. The summed E-state index contributed by atoms with van der Waals surface area (Å²) in [6.07, 6.45) is 9.91. The van der Waals surface area contributed by atoms with Crippen LogP contribution in [-0.2, 0) is 6.54 Å². The van der Waals surface area contributed by atoms with Crippen molar-refractivity contribution in [3.63, 3.8) is 0 Å². The number of rotatable bonds is 7. The Labute approximate surface area is 214 Å². The van der Waals surface area contributed by atoms with Crippen LogP contribution in [0.25, 0.3) is 10.9 Å². The number of hydrogen-bond acceptors (Lipinski definition) is 8. The molecule has 4 rings (SSSR count). The molecule has 0 aliphatic heterocycles. The summed E-state index contributed by atoms with van der Waals surface area (Å²) in [5.41, 5.74) is 8.91. The lowest BCUT2D eigenvalue weighted by Gasteiger charge is -2.10. The Morgan fingerprint density at radius 2 is 1.92 bits per heavy atom. The Morgan fingerprint density at radius 3 is 2.50 bits per heavy atom. The van der Waals surface area contributed by atoms with E-state index in [0.29, 0.717) is 12.2 Å². The molecule has 0 spiro atoms. The maximum atomic E-state index is 10.9. The summed E-state index contributed by atoms with van der Waals surface area (Å²) in [7, 11) is 3.46. The highest BCUT2D eigenvalue weighted by molar-refractivity contribution is 7.12. The zero-order chi connectivity index (χ0) is 26.5. The molecule has 2 aromatic carbocycles. The van der Waals surface area contributed by atoms with Gasteiger partial charge in [0.25, 0.3) is 0 Å². The molecular formula is C28H30N4O3S. The normalized spacial score (nSPS) is 10.8. The highest BCUT2D eigenvalue weighted by Crippen LogP contribution is 2.22. The standard InChI is InChI=1S/C15H12N2OS.C7H11N.C6H7NO2/c18-10-15-14(6-8-19-15)17-9-11-5-7-16-13-4-2-1-3-12(11)13;1-3-4-5-6-7(2)8;1-7(2)4-3-5(8)6(4)9/h1-8,10,17H,9H2;3-6H,1,8H2,2H3;3H,1-2H3/b;5-4-,7-6+;. The Hall–Kier alpha value is -4.30. The first kappa shape index (κ1) is 27.9. The van der Waals surface area contributed by atoms with Crippen LogP contribution in [0, 0.1) is 0 Å². The first-order valence-electron chi connectivity index (χ1n) is 11.1. The van der Waals surface area contributed by atoms with Gasteiger partial charge < -0.3 is 16.0 Å². The van der Waals surface area contributed by atoms with Crippen molar-refractivity contribution in [3.8, 4) is 0 Å². The Balaban J connectivity index is 0.000000224. The Bertz CT molecular complexity index is 1420. The van der Waals surface area contributed by atoms with E-state index >= 15 is 0 Å². The van der Waals surface area contributed by atoms with Gasteiger partial charge in [-0.3, -0.25) is 19.4 Å². The summed E-state index contributed by atoms with van der Waals surface area (Å²) in [4.78, 5) is 38.4. The molecule has 0 amide bonds. The number of carbonyl (C=O) groups excluding carboxylic acids is 1. The molecule has 4 aromatic rings. The number of para-hydroxylation sites is 1. The van der Waals surface area contributed by atoms with E-state index in [0.717, 1.165) is 33.5 Å². The van der Waals surface area contributed by atoms with Crippen LogP contribution >= 0.6 is 11.3 Å². The predicted octanol–water partition coefficient (Wildman–Crippen LogP) is 4.66. The van der Waals surface area contributed by atoms with Crippen LogP contribution in [0.4, 0.5) is 11.4 Å². The van der Waals surface area contributed by atoms with Gasteiger partial charge in [-0.05, 0) is 42.1 Å². The summed E-state index contributed by atoms with van der Waals surface area (Å²) in [6, 6.07) is 13.3. The highest BCUT2D eigenvalue weighted by Gasteiger charge is 2.09. The van der Waals surface area contributed by atoms with Crippen LogP contribution in [0.15, 0.2) is 100 Å². The van der Waals surface area contributed by atoms with Crippen LogP contribution < -0.4 is 26.8 Å². The van der Waals surface area contributed by atoms with E-state index in [-0.39, 0.29) is 5.43 Å². The van der Waals surface area contributed by atoms with Crippen molar-refractivity contribution in [3.05, 3.63) is 122 Å². The number of aromatic nitrogens is 1. The van der Waals surface area contributed by atoms with Gasteiger partial charge in [-0.1, -0.05) is 43.0 Å². The third-order valence-electron chi connectivity index (χ3n) is 4.82. The number of carbonyl (C=O) groups is 1. The second kappa shape index (κ2) is 14.2. The van der Waals surface area contributed by atoms with Crippen LogP contribution in [-0.4, -0.2) is 25.4 Å². The van der Waals surface area contributed by atoms with E-state index in [1.54, 1.807) is 25.1 Å². The number of nitrogens with zero attached hydrogens (tertiary/aromatic N) is 2. The lowest BCUT2D eigenvalue weighted by Crippen LogP contribution is -2.35. The molecule has 2 aromatic heterocycles. The fourth-order valence-corrected chi connectivity index (χ4v) is 3.65. The zero-order valence-electron chi connectivity index (χ0n) is 20.6. The van der Waals surface area contributed by atoms with E-state index < -0.39 is 5.43 Å². The molecule has 0 fully saturated rings. The second-order valence-electron chi connectivity index (χ2n) is 7.81. The summed E-state index contributed by atoms with van der Waals surface area (Å²) < 4.78 is 0. The minimum atomic E-state index is -0.390. The molecular weight excluding hydrogens is 472 g/mol. The molecule has 7 nitrogen and oxygen atoms in total. The minimum absolute atomic E-state index is 0.375. The topological polar surface area (TPSA) is 105 Å². The van der Waals surface area contributed by atoms with E-state index in [2.05, 4.69) is 22.9 Å². The third-order valence-corrected chi connectivity index (χ3v) is 5.67. The number of fused-ring (bicyclic) bond motifs is 1. The quantitative estimate of drug-likeness (QED) is 0.215. The summed E-state index contributed by atoms with van der Waals surface area (Å²) in [5, 5.41) is 6.36. The average Bonchev–Trinajstić information content (AvgIpc) is 3.34. The molecule has 0 saturated carbocycles. The Kier molecular flexibility index (Phi) is 11.0. The molecule has 0 atom stereocenters. The van der Waals surface area contributed by atoms with Crippen molar-refractivity contribution in [2.45, 2.75) is 13.5 Å². The lowest BCUT2D eigenvalue weighted by molar-refractivity contribution is 0.112. The fourth-order valence-electron chi connectivity index (χ4n) is 2.98. The van der Waals surface area contributed by atoms with Crippen LogP contribution in [0.1, 0.15) is 22.2 Å². The van der Waals surface area contributed by atoms with Crippen molar-refractivity contribution >= 4 is 39.9 Å². The van der Waals surface area contributed by atoms with Gasteiger partial charge in [0.2, 0.25) is 10.9 Å². The van der Waals surface area contributed by atoms with Crippen molar-refractivity contribution in [1.82, 2.24) is 4.98 Å². The molecule has 0 aliphatic carbocycles. The molecule has 0 bridgehead atoms. The molecule has 0 radical (unpaired) electrons. The number of anilines is 2. The number of pyridine rings is 1. The summed E-state index contributed by atoms with van der Waals surface area (Å²) in [6.45, 7) is 6.02. The van der Waals surface area contributed by atoms with Crippen molar-refractivity contribution in [2.75, 3.05) is 24.3 Å². The fraction of sp³-hybridized carbons (Fsp3) is 0.143. The third kappa shape index (κ3) is 8.18. The summed E-state index contributed by atoms with van der Waals surface area (Å²) >= 11 is 1.45. The van der Waals surface area contributed by atoms with Gasteiger partial charge in [0.1, 0.15) is 0 Å². The van der Waals surface area contributed by atoms with Gasteiger partial charge >= 0.3 is 0 Å². The van der Waals surface area contributed by atoms with E-state index in [9.17, 15) is 14.4 Å². The van der Waals surface area contributed by atoms with E-state index in [1.165, 1.54) is 23.0 Å². The number of aldehydes is 1. The molecule has 8 heteroatoms. The van der Waals surface area contributed by atoms with E-state index in [4.69, 9.17) is 5.73 Å². The second-order valence-corrected chi connectivity index (χ2v) is 8.75. The van der Waals surface area contributed by atoms with Gasteiger partial charge in [0.15, 0.2) is 6.29 Å². The molecule has 0 unspecified atom stereocenters. The molecule has 186 valence electrons. The zero-order valence-corrected chi connectivity index (χ0v) is 21.4. The smallest absolute Gasteiger partial charge is 0.249 e. The lowest BCUT2D eigenvalue weighted by atomic mass is 10.1. The molecule has 3 N–H and O–H groups in total. The van der Waals surface area contributed by atoms with Gasteiger partial charge in [0.05, 0.1) is 21.8 Å². The van der Waals surface area contributed by atoms with Crippen molar-refractivity contribution in [2.24, 2.45) is 5.73 Å². The van der Waals surface area contributed by atoms with Crippen LogP contribution in [0.3, 0.4) is 0 Å². The van der Waals surface area contributed by atoms with Gasteiger partial charge in [0, 0.05) is 44.0 Å².